The van der Waals surface area contributed by atoms with Crippen LogP contribution in [0, 0.1) is 5.41 Å². The van der Waals surface area contributed by atoms with Gasteiger partial charge in [-0.3, -0.25) is 9.59 Å². The van der Waals surface area contributed by atoms with E-state index >= 15 is 0 Å². The number of benzene rings is 1. The molecule has 1 aliphatic carbocycles. The van der Waals surface area contributed by atoms with Gasteiger partial charge in [-0.1, -0.05) is 11.6 Å². The Labute approximate surface area is 150 Å². The van der Waals surface area contributed by atoms with Gasteiger partial charge in [-0.05, 0) is 56.2 Å². The highest BCUT2D eigenvalue weighted by Crippen LogP contribution is 2.53. The molecule has 1 saturated carbocycles. The first kappa shape index (κ1) is 16.4. The van der Waals surface area contributed by atoms with Crippen LogP contribution >= 0.6 is 11.6 Å². The average molecular weight is 361 g/mol. The van der Waals surface area contributed by atoms with E-state index in [-0.39, 0.29) is 17.6 Å². The lowest BCUT2D eigenvalue weighted by Crippen LogP contribution is -2.49. The molecule has 1 spiro atoms. The van der Waals surface area contributed by atoms with E-state index in [0.29, 0.717) is 16.0 Å². The molecule has 1 aromatic heterocycles. The van der Waals surface area contributed by atoms with Gasteiger partial charge in [-0.2, -0.15) is 0 Å². The Morgan fingerprint density at radius 1 is 1.28 bits per heavy atom. The fraction of sp³-hybridized carbons (Fsp3) is 0.500. The number of aromatic amines is 1. The van der Waals surface area contributed by atoms with Crippen LogP contribution in [0.3, 0.4) is 0 Å². The molecular formula is C18H21ClN4O2. The molecule has 4 rings (SSSR count). The molecule has 2 aromatic rings. The highest BCUT2D eigenvalue weighted by molar-refractivity contribution is 6.31. The number of nitrogens with zero attached hydrogens (tertiary/aromatic N) is 2. The molecule has 2 N–H and O–H groups in total. The maximum absolute atomic E-state index is 12.6. The van der Waals surface area contributed by atoms with E-state index in [0.717, 1.165) is 31.4 Å². The summed E-state index contributed by atoms with van der Waals surface area (Å²) in [6.45, 7) is 3.31. The van der Waals surface area contributed by atoms with Crippen LogP contribution in [-0.4, -0.2) is 45.8 Å². The number of carbonyl (C=O) groups excluding carboxylic acids is 2. The standard InChI is InChI=1S/C18H21ClN4O2/c1-11(17(25)23-8-6-18(4-5-18)7-9-23)20-16(24)15-21-13-3-2-12(19)10-14(13)22-15/h2-3,10-11H,4-9H2,1H3,(H,20,24)(H,21,22)/t11-/m1/s1. The lowest BCUT2D eigenvalue weighted by Gasteiger charge is -2.33. The first-order chi connectivity index (χ1) is 12.0. The molecule has 1 saturated heterocycles. The molecule has 2 amide bonds. The van der Waals surface area contributed by atoms with Crippen molar-refractivity contribution >= 4 is 34.4 Å². The van der Waals surface area contributed by atoms with Gasteiger partial charge in [-0.15, -0.1) is 0 Å². The first-order valence-electron chi connectivity index (χ1n) is 8.71. The van der Waals surface area contributed by atoms with Crippen molar-refractivity contribution in [2.45, 2.75) is 38.6 Å². The van der Waals surface area contributed by atoms with Gasteiger partial charge in [-0.25, -0.2) is 4.98 Å². The molecule has 0 radical (unpaired) electrons. The number of aromatic nitrogens is 2. The third kappa shape index (κ3) is 3.23. The molecule has 2 heterocycles. The van der Waals surface area contributed by atoms with E-state index in [1.807, 2.05) is 4.90 Å². The Balaban J connectivity index is 1.39. The number of rotatable bonds is 3. The quantitative estimate of drug-likeness (QED) is 0.883. The molecule has 6 nitrogen and oxygen atoms in total. The lowest BCUT2D eigenvalue weighted by molar-refractivity contribution is -0.134. The highest BCUT2D eigenvalue weighted by Gasteiger charge is 2.45. The topological polar surface area (TPSA) is 78.1 Å². The van der Waals surface area contributed by atoms with Crippen LogP contribution in [0.15, 0.2) is 18.2 Å². The lowest BCUT2D eigenvalue weighted by atomic mass is 9.93. The number of imidazole rings is 1. The van der Waals surface area contributed by atoms with E-state index in [4.69, 9.17) is 11.6 Å². The highest BCUT2D eigenvalue weighted by atomic mass is 35.5. The van der Waals surface area contributed by atoms with Crippen molar-refractivity contribution in [3.8, 4) is 0 Å². The van der Waals surface area contributed by atoms with E-state index < -0.39 is 6.04 Å². The monoisotopic (exact) mass is 360 g/mol. The Bertz CT molecular complexity index is 833. The molecule has 1 atom stereocenters. The number of amides is 2. The van der Waals surface area contributed by atoms with Gasteiger partial charge in [0.15, 0.2) is 5.82 Å². The second-order valence-corrected chi connectivity index (χ2v) is 7.70. The molecule has 1 aliphatic heterocycles. The Hall–Kier alpha value is -2.08. The van der Waals surface area contributed by atoms with E-state index in [2.05, 4.69) is 15.3 Å². The van der Waals surface area contributed by atoms with Crippen molar-refractivity contribution in [2.24, 2.45) is 5.41 Å². The minimum atomic E-state index is -0.572. The SMILES string of the molecule is C[C@@H](NC(=O)c1nc2cc(Cl)ccc2[nH]1)C(=O)N1CCC2(CC1)CC2. The zero-order valence-corrected chi connectivity index (χ0v) is 14.9. The zero-order valence-electron chi connectivity index (χ0n) is 14.1. The van der Waals surface area contributed by atoms with Gasteiger partial charge >= 0.3 is 0 Å². The summed E-state index contributed by atoms with van der Waals surface area (Å²) in [6.07, 6.45) is 4.78. The van der Waals surface area contributed by atoms with Gasteiger partial charge in [0.25, 0.3) is 5.91 Å². The van der Waals surface area contributed by atoms with Crippen molar-refractivity contribution in [2.75, 3.05) is 13.1 Å². The second-order valence-electron chi connectivity index (χ2n) is 7.27. The third-order valence-corrected chi connectivity index (χ3v) is 5.71. The predicted octanol–water partition coefficient (Wildman–Crippen LogP) is 2.74. The van der Waals surface area contributed by atoms with Crippen LogP contribution < -0.4 is 5.32 Å². The molecular weight excluding hydrogens is 340 g/mol. The molecule has 25 heavy (non-hydrogen) atoms. The van der Waals surface area contributed by atoms with Crippen LogP contribution in [0.5, 0.6) is 0 Å². The minimum absolute atomic E-state index is 0.0250. The fourth-order valence-corrected chi connectivity index (χ4v) is 3.73. The van der Waals surface area contributed by atoms with Crippen molar-refractivity contribution < 1.29 is 9.59 Å². The van der Waals surface area contributed by atoms with E-state index in [1.165, 1.54) is 12.8 Å². The van der Waals surface area contributed by atoms with Crippen LogP contribution in [0.1, 0.15) is 43.2 Å². The summed E-state index contributed by atoms with van der Waals surface area (Å²) >= 11 is 5.94. The van der Waals surface area contributed by atoms with Crippen LogP contribution in [0.25, 0.3) is 11.0 Å². The van der Waals surface area contributed by atoms with Gasteiger partial charge in [0, 0.05) is 18.1 Å². The van der Waals surface area contributed by atoms with Gasteiger partial charge in [0.05, 0.1) is 11.0 Å². The van der Waals surface area contributed by atoms with E-state index in [9.17, 15) is 9.59 Å². The number of hydrogen-bond donors (Lipinski definition) is 2. The summed E-state index contributed by atoms with van der Waals surface area (Å²) in [7, 11) is 0. The summed E-state index contributed by atoms with van der Waals surface area (Å²) in [4.78, 5) is 34.1. The number of piperidine rings is 1. The van der Waals surface area contributed by atoms with Crippen LogP contribution in [0.4, 0.5) is 0 Å². The maximum Gasteiger partial charge on any atom is 0.287 e. The molecule has 0 unspecified atom stereocenters. The predicted molar refractivity (Wildman–Crippen MR) is 95.5 cm³/mol. The number of carbonyl (C=O) groups is 2. The number of fused-ring (bicyclic) bond motifs is 1. The van der Waals surface area contributed by atoms with Crippen molar-refractivity contribution in [1.82, 2.24) is 20.2 Å². The van der Waals surface area contributed by atoms with Crippen molar-refractivity contribution in [1.29, 1.82) is 0 Å². The van der Waals surface area contributed by atoms with Gasteiger partial charge < -0.3 is 15.2 Å². The number of halogens is 1. The van der Waals surface area contributed by atoms with Crippen LogP contribution in [0.2, 0.25) is 5.02 Å². The largest absolute Gasteiger partial charge is 0.341 e. The third-order valence-electron chi connectivity index (χ3n) is 5.47. The fourth-order valence-electron chi connectivity index (χ4n) is 3.57. The normalized spacial score (nSPS) is 19.8. The Kier molecular flexibility index (Phi) is 3.95. The smallest absolute Gasteiger partial charge is 0.287 e. The minimum Gasteiger partial charge on any atom is -0.341 e. The molecule has 1 aromatic carbocycles. The summed E-state index contributed by atoms with van der Waals surface area (Å²) in [6, 6.07) is 4.63. The van der Waals surface area contributed by atoms with Crippen LogP contribution in [-0.2, 0) is 4.79 Å². The summed E-state index contributed by atoms with van der Waals surface area (Å²) in [5.74, 6) is -0.223. The van der Waals surface area contributed by atoms with Crippen molar-refractivity contribution in [3.05, 3.63) is 29.0 Å². The Morgan fingerprint density at radius 3 is 2.68 bits per heavy atom. The molecule has 2 fully saturated rings. The number of nitrogens with one attached hydrogen (secondary N) is 2. The molecule has 7 heteroatoms. The second kappa shape index (κ2) is 6.02. The van der Waals surface area contributed by atoms with Gasteiger partial charge in [0.1, 0.15) is 6.04 Å². The molecule has 2 aliphatic rings. The summed E-state index contributed by atoms with van der Waals surface area (Å²) in [5, 5.41) is 3.31. The number of hydrogen-bond acceptors (Lipinski definition) is 3. The Morgan fingerprint density at radius 2 is 2.00 bits per heavy atom. The zero-order chi connectivity index (χ0) is 17.6. The first-order valence-corrected chi connectivity index (χ1v) is 9.09. The number of H-pyrrole nitrogens is 1. The summed E-state index contributed by atoms with van der Waals surface area (Å²) < 4.78 is 0. The number of likely N-dealkylation sites (tertiary alicyclic amines) is 1. The van der Waals surface area contributed by atoms with Gasteiger partial charge in [0.2, 0.25) is 5.91 Å². The summed E-state index contributed by atoms with van der Waals surface area (Å²) in [5.41, 5.74) is 1.89. The van der Waals surface area contributed by atoms with Crippen molar-refractivity contribution in [3.63, 3.8) is 0 Å². The average Bonchev–Trinajstić information content (AvgIpc) is 3.21. The van der Waals surface area contributed by atoms with E-state index in [1.54, 1.807) is 25.1 Å². The molecule has 0 bridgehead atoms. The maximum atomic E-state index is 12.6. The molecule has 132 valence electrons.